The van der Waals surface area contributed by atoms with E-state index in [1.54, 1.807) is 19.1 Å². The van der Waals surface area contributed by atoms with Gasteiger partial charge in [0.05, 0.1) is 11.4 Å². The van der Waals surface area contributed by atoms with Crippen LogP contribution in [-0.4, -0.2) is 33.2 Å². The maximum absolute atomic E-state index is 12.4. The van der Waals surface area contributed by atoms with Crippen LogP contribution >= 0.6 is 0 Å². The van der Waals surface area contributed by atoms with Gasteiger partial charge in [-0.15, -0.1) is 0 Å². The first-order chi connectivity index (χ1) is 14.5. The van der Waals surface area contributed by atoms with E-state index in [-0.39, 0.29) is 18.3 Å². The summed E-state index contributed by atoms with van der Waals surface area (Å²) < 4.78 is 31.9. The van der Waals surface area contributed by atoms with Crippen LogP contribution in [0.3, 0.4) is 0 Å². The molecule has 0 aromatic heterocycles. The summed E-state index contributed by atoms with van der Waals surface area (Å²) in [6, 6.07) is 19.0. The molecule has 0 spiro atoms. The molecule has 0 saturated carbocycles. The summed E-state index contributed by atoms with van der Waals surface area (Å²) >= 11 is 0. The summed E-state index contributed by atoms with van der Waals surface area (Å²) in [4.78, 5) is 12.4. The number of rotatable bonds is 6. The minimum absolute atomic E-state index is 0.0443. The summed E-state index contributed by atoms with van der Waals surface area (Å²) in [5, 5.41) is 4.95. The second-order valence-corrected chi connectivity index (χ2v) is 9.45. The number of aryl methyl sites for hydroxylation is 1. The molecule has 6 nitrogen and oxygen atoms in total. The number of carbonyl (C=O) groups is 1. The number of hydrogen-bond donors (Lipinski definition) is 1. The second-order valence-electron chi connectivity index (χ2n) is 7.27. The zero-order valence-corrected chi connectivity index (χ0v) is 17.6. The number of carbonyl (C=O) groups excluding carboxylic acids is 1. The summed E-state index contributed by atoms with van der Waals surface area (Å²) in [7, 11) is -3.35. The molecule has 156 valence electrons. The molecular formula is C23H24N2O4S. The van der Waals surface area contributed by atoms with E-state index in [1.807, 2.05) is 48.5 Å². The van der Waals surface area contributed by atoms with Gasteiger partial charge >= 0.3 is 0 Å². The third-order valence-electron chi connectivity index (χ3n) is 5.24. The quantitative estimate of drug-likeness (QED) is 0.650. The third-order valence-corrected chi connectivity index (χ3v) is 7.02. The zero-order chi connectivity index (χ0) is 21.1. The Labute approximate surface area is 176 Å². The van der Waals surface area contributed by atoms with Crippen molar-refractivity contribution in [2.75, 3.05) is 28.5 Å². The fourth-order valence-corrected chi connectivity index (χ4v) is 4.86. The molecule has 3 aromatic carbocycles. The molecule has 7 heteroatoms. The Hall–Kier alpha value is -3.06. The predicted molar refractivity (Wildman–Crippen MR) is 120 cm³/mol. The molecule has 1 amide bonds. The lowest BCUT2D eigenvalue weighted by Gasteiger charge is -2.30. The predicted octanol–water partition coefficient (Wildman–Crippen LogP) is 3.96. The molecule has 3 aromatic rings. The van der Waals surface area contributed by atoms with Crippen LogP contribution < -0.4 is 14.4 Å². The molecule has 0 aliphatic carbocycles. The molecule has 1 aliphatic heterocycles. The fraction of sp³-hybridized carbons (Fsp3) is 0.261. The number of nitrogens with zero attached hydrogens (tertiary/aromatic N) is 1. The van der Waals surface area contributed by atoms with E-state index in [0.717, 1.165) is 29.2 Å². The van der Waals surface area contributed by atoms with Crippen molar-refractivity contribution in [2.24, 2.45) is 0 Å². The van der Waals surface area contributed by atoms with E-state index in [0.29, 0.717) is 23.7 Å². The van der Waals surface area contributed by atoms with Crippen LogP contribution in [0.5, 0.6) is 5.75 Å². The van der Waals surface area contributed by atoms with E-state index in [2.05, 4.69) is 5.32 Å². The van der Waals surface area contributed by atoms with Gasteiger partial charge in [0.1, 0.15) is 5.75 Å². The molecule has 0 radical (unpaired) electrons. The first-order valence-electron chi connectivity index (χ1n) is 10.0. The largest absolute Gasteiger partial charge is 0.484 e. The minimum atomic E-state index is -3.35. The lowest BCUT2D eigenvalue weighted by molar-refractivity contribution is -0.118. The number of sulfonamides is 1. The van der Waals surface area contributed by atoms with Gasteiger partial charge in [-0.25, -0.2) is 8.42 Å². The Morgan fingerprint density at radius 2 is 1.87 bits per heavy atom. The number of hydrogen-bond acceptors (Lipinski definition) is 4. The Bertz CT molecular complexity index is 1190. The van der Waals surface area contributed by atoms with Crippen molar-refractivity contribution in [1.82, 2.24) is 0 Å². The Morgan fingerprint density at radius 3 is 2.67 bits per heavy atom. The van der Waals surface area contributed by atoms with E-state index in [1.165, 1.54) is 4.31 Å². The Kier molecular flexibility index (Phi) is 5.63. The van der Waals surface area contributed by atoms with Gasteiger partial charge in [0.2, 0.25) is 10.0 Å². The van der Waals surface area contributed by atoms with E-state index in [4.69, 9.17) is 4.74 Å². The third kappa shape index (κ3) is 4.26. The van der Waals surface area contributed by atoms with Crippen LogP contribution in [0.25, 0.3) is 10.8 Å². The van der Waals surface area contributed by atoms with Gasteiger partial charge in [-0.1, -0.05) is 36.4 Å². The molecule has 0 fully saturated rings. The van der Waals surface area contributed by atoms with Gasteiger partial charge < -0.3 is 10.1 Å². The average Bonchev–Trinajstić information content (AvgIpc) is 2.77. The molecule has 0 atom stereocenters. The van der Waals surface area contributed by atoms with E-state index < -0.39 is 10.0 Å². The van der Waals surface area contributed by atoms with Gasteiger partial charge in [-0.3, -0.25) is 9.10 Å². The van der Waals surface area contributed by atoms with Crippen molar-refractivity contribution in [1.29, 1.82) is 0 Å². The highest BCUT2D eigenvalue weighted by Crippen LogP contribution is 2.32. The maximum Gasteiger partial charge on any atom is 0.262 e. The first kappa shape index (κ1) is 20.2. The summed E-state index contributed by atoms with van der Waals surface area (Å²) in [5.41, 5.74) is 2.18. The second kappa shape index (κ2) is 8.36. The van der Waals surface area contributed by atoms with Crippen molar-refractivity contribution >= 4 is 38.1 Å². The molecule has 1 aliphatic rings. The van der Waals surface area contributed by atoms with Crippen molar-refractivity contribution in [3.63, 3.8) is 0 Å². The highest BCUT2D eigenvalue weighted by atomic mass is 32.2. The molecule has 1 N–H and O–H groups in total. The minimum Gasteiger partial charge on any atom is -0.484 e. The molecule has 4 rings (SSSR count). The van der Waals surface area contributed by atoms with Gasteiger partial charge in [0.25, 0.3) is 5.91 Å². The number of ether oxygens (including phenoxy) is 1. The molecule has 1 heterocycles. The summed E-state index contributed by atoms with van der Waals surface area (Å²) in [6.45, 7) is 1.97. The Morgan fingerprint density at radius 1 is 1.07 bits per heavy atom. The first-order valence-corrected chi connectivity index (χ1v) is 11.6. The van der Waals surface area contributed by atoms with Crippen molar-refractivity contribution in [3.8, 4) is 5.75 Å². The lowest BCUT2D eigenvalue weighted by atomic mass is 10.0. The number of benzene rings is 3. The van der Waals surface area contributed by atoms with Crippen LogP contribution in [0, 0.1) is 0 Å². The number of amides is 1. The van der Waals surface area contributed by atoms with Crippen LogP contribution in [-0.2, 0) is 21.2 Å². The SMILES string of the molecule is CCS(=O)(=O)N1CCCc2ccc(NC(=O)COc3ccc4ccccc4c3)cc21. The number of fused-ring (bicyclic) bond motifs is 2. The highest BCUT2D eigenvalue weighted by molar-refractivity contribution is 7.92. The average molecular weight is 425 g/mol. The molecular weight excluding hydrogens is 400 g/mol. The summed E-state index contributed by atoms with van der Waals surface area (Å²) in [5.74, 6) is 0.362. The monoisotopic (exact) mass is 424 g/mol. The van der Waals surface area contributed by atoms with Crippen LogP contribution in [0.2, 0.25) is 0 Å². The van der Waals surface area contributed by atoms with Gasteiger partial charge in [0, 0.05) is 12.2 Å². The standard InChI is InChI=1S/C23H24N2O4S/c1-2-30(27,28)25-13-5-8-18-9-11-20(15-22(18)25)24-23(26)16-29-21-12-10-17-6-3-4-7-19(17)14-21/h3-4,6-7,9-12,14-15H,2,5,8,13,16H2,1H3,(H,24,26). The van der Waals surface area contributed by atoms with Gasteiger partial charge in [0.15, 0.2) is 6.61 Å². The van der Waals surface area contributed by atoms with E-state index >= 15 is 0 Å². The molecule has 0 unspecified atom stereocenters. The van der Waals surface area contributed by atoms with Crippen molar-refractivity contribution < 1.29 is 17.9 Å². The van der Waals surface area contributed by atoms with Crippen LogP contribution in [0.4, 0.5) is 11.4 Å². The topological polar surface area (TPSA) is 75.7 Å². The summed E-state index contributed by atoms with van der Waals surface area (Å²) in [6.07, 6.45) is 1.61. The fourth-order valence-electron chi connectivity index (χ4n) is 3.67. The van der Waals surface area contributed by atoms with Gasteiger partial charge in [-0.2, -0.15) is 0 Å². The van der Waals surface area contributed by atoms with Crippen molar-refractivity contribution in [2.45, 2.75) is 19.8 Å². The van der Waals surface area contributed by atoms with Crippen LogP contribution in [0.15, 0.2) is 60.7 Å². The van der Waals surface area contributed by atoms with Crippen molar-refractivity contribution in [3.05, 3.63) is 66.2 Å². The normalized spacial score (nSPS) is 13.7. The molecule has 0 saturated heterocycles. The maximum atomic E-state index is 12.4. The van der Waals surface area contributed by atoms with Crippen LogP contribution in [0.1, 0.15) is 18.9 Å². The number of anilines is 2. The Balaban J connectivity index is 1.45. The lowest BCUT2D eigenvalue weighted by Crippen LogP contribution is -2.36. The molecule has 0 bridgehead atoms. The number of nitrogens with one attached hydrogen (secondary N) is 1. The molecule has 30 heavy (non-hydrogen) atoms. The van der Waals surface area contributed by atoms with E-state index in [9.17, 15) is 13.2 Å². The smallest absolute Gasteiger partial charge is 0.262 e. The highest BCUT2D eigenvalue weighted by Gasteiger charge is 2.26. The zero-order valence-electron chi connectivity index (χ0n) is 16.8. The van der Waals surface area contributed by atoms with Gasteiger partial charge in [-0.05, 0) is 60.4 Å².